The van der Waals surface area contributed by atoms with Gasteiger partial charge in [0, 0.05) is 31.8 Å². The van der Waals surface area contributed by atoms with E-state index in [1.165, 1.54) is 31.3 Å². The third-order valence-electron chi connectivity index (χ3n) is 4.13. The van der Waals surface area contributed by atoms with Gasteiger partial charge in [0.1, 0.15) is 0 Å². The molecule has 1 amide bonds. The topological polar surface area (TPSA) is 32.3 Å². The molecule has 0 aromatic heterocycles. The largest absolute Gasteiger partial charge is 0.339 e. The second kappa shape index (κ2) is 5.67. The predicted octanol–water partition coefficient (Wildman–Crippen LogP) is 1.94. The molecule has 0 radical (unpaired) electrons. The van der Waals surface area contributed by atoms with Gasteiger partial charge >= 0.3 is 0 Å². The summed E-state index contributed by atoms with van der Waals surface area (Å²) in [7, 11) is 0. The summed E-state index contributed by atoms with van der Waals surface area (Å²) in [6, 6.07) is 0. The Bertz CT molecular complexity index is 308. The first-order chi connectivity index (χ1) is 8.22. The SMILES string of the molecule is CCCC1CCN(C(=O)C(C)=C2CNC2)CC1. The first-order valence-corrected chi connectivity index (χ1v) is 6.91. The molecule has 0 aromatic rings. The first kappa shape index (κ1) is 12.6. The number of hydrogen-bond acceptors (Lipinski definition) is 2. The molecule has 0 aliphatic carbocycles. The summed E-state index contributed by atoms with van der Waals surface area (Å²) in [6.07, 6.45) is 4.99. The minimum Gasteiger partial charge on any atom is -0.339 e. The Hall–Kier alpha value is -0.830. The van der Waals surface area contributed by atoms with Crippen LogP contribution in [0.4, 0.5) is 0 Å². The maximum absolute atomic E-state index is 12.2. The average Bonchev–Trinajstić information content (AvgIpc) is 2.27. The summed E-state index contributed by atoms with van der Waals surface area (Å²) in [5.74, 6) is 1.12. The van der Waals surface area contributed by atoms with Crippen LogP contribution in [0.1, 0.15) is 39.5 Å². The first-order valence-electron chi connectivity index (χ1n) is 6.91. The number of likely N-dealkylation sites (tertiary alicyclic amines) is 1. The highest BCUT2D eigenvalue weighted by molar-refractivity contribution is 5.94. The van der Waals surface area contributed by atoms with Crippen molar-refractivity contribution in [1.82, 2.24) is 10.2 Å². The van der Waals surface area contributed by atoms with Gasteiger partial charge in [-0.1, -0.05) is 19.8 Å². The fourth-order valence-corrected chi connectivity index (χ4v) is 2.74. The molecule has 0 spiro atoms. The summed E-state index contributed by atoms with van der Waals surface area (Å²) in [5.41, 5.74) is 2.28. The molecule has 0 aromatic carbocycles. The highest BCUT2D eigenvalue weighted by atomic mass is 16.2. The zero-order valence-corrected chi connectivity index (χ0v) is 11.1. The van der Waals surface area contributed by atoms with E-state index in [9.17, 15) is 4.79 Å². The summed E-state index contributed by atoms with van der Waals surface area (Å²) >= 11 is 0. The molecule has 2 heterocycles. The Morgan fingerprint density at radius 1 is 1.35 bits per heavy atom. The molecule has 3 heteroatoms. The van der Waals surface area contributed by atoms with Gasteiger partial charge in [0.2, 0.25) is 5.91 Å². The van der Waals surface area contributed by atoms with Gasteiger partial charge < -0.3 is 10.2 Å². The van der Waals surface area contributed by atoms with Crippen molar-refractivity contribution in [3.63, 3.8) is 0 Å². The van der Waals surface area contributed by atoms with Crippen LogP contribution in [0, 0.1) is 5.92 Å². The summed E-state index contributed by atoms with van der Waals surface area (Å²) in [4.78, 5) is 14.3. The zero-order valence-electron chi connectivity index (χ0n) is 11.1. The quantitative estimate of drug-likeness (QED) is 0.760. The minimum absolute atomic E-state index is 0.274. The van der Waals surface area contributed by atoms with Gasteiger partial charge in [0.25, 0.3) is 0 Å². The van der Waals surface area contributed by atoms with Crippen LogP contribution in [0.3, 0.4) is 0 Å². The molecule has 2 fully saturated rings. The van der Waals surface area contributed by atoms with Gasteiger partial charge in [-0.25, -0.2) is 0 Å². The van der Waals surface area contributed by atoms with E-state index in [-0.39, 0.29) is 5.91 Å². The second-order valence-electron chi connectivity index (χ2n) is 5.36. The van der Waals surface area contributed by atoms with Crippen molar-refractivity contribution in [3.05, 3.63) is 11.1 Å². The molecule has 2 aliphatic heterocycles. The van der Waals surface area contributed by atoms with E-state index in [1.807, 2.05) is 11.8 Å². The number of carbonyl (C=O) groups excluding carboxylic acids is 1. The Morgan fingerprint density at radius 3 is 2.47 bits per heavy atom. The Morgan fingerprint density at radius 2 is 2.00 bits per heavy atom. The lowest BCUT2D eigenvalue weighted by molar-refractivity contribution is -0.128. The summed E-state index contributed by atoms with van der Waals surface area (Å²) in [5, 5.41) is 3.20. The lowest BCUT2D eigenvalue weighted by atomic mass is 9.92. The number of hydrogen-bond donors (Lipinski definition) is 1. The molecule has 3 nitrogen and oxygen atoms in total. The van der Waals surface area contributed by atoms with Gasteiger partial charge in [0.05, 0.1) is 0 Å². The number of piperidine rings is 1. The smallest absolute Gasteiger partial charge is 0.249 e. The molecular formula is C14H24N2O. The van der Waals surface area contributed by atoms with Crippen molar-refractivity contribution in [2.24, 2.45) is 5.92 Å². The van der Waals surface area contributed by atoms with E-state index in [0.29, 0.717) is 0 Å². The zero-order chi connectivity index (χ0) is 12.3. The van der Waals surface area contributed by atoms with Crippen molar-refractivity contribution in [2.75, 3.05) is 26.2 Å². The lowest BCUT2D eigenvalue weighted by Gasteiger charge is -2.33. The van der Waals surface area contributed by atoms with Crippen LogP contribution in [0.15, 0.2) is 11.1 Å². The number of amides is 1. The van der Waals surface area contributed by atoms with Gasteiger partial charge in [-0.2, -0.15) is 0 Å². The van der Waals surface area contributed by atoms with E-state index in [0.717, 1.165) is 37.7 Å². The van der Waals surface area contributed by atoms with Crippen LogP contribution in [0.2, 0.25) is 0 Å². The highest BCUT2D eigenvalue weighted by Gasteiger charge is 2.25. The van der Waals surface area contributed by atoms with Crippen molar-refractivity contribution in [2.45, 2.75) is 39.5 Å². The van der Waals surface area contributed by atoms with Crippen molar-refractivity contribution in [1.29, 1.82) is 0 Å². The standard InChI is InChI=1S/C14H24N2O/c1-3-4-12-5-7-16(8-6-12)14(17)11(2)13-9-15-10-13/h12,15H,3-10H2,1-2H3. The Balaban J connectivity index is 1.86. The van der Waals surface area contributed by atoms with E-state index < -0.39 is 0 Å². The Kier molecular flexibility index (Phi) is 4.21. The fraction of sp³-hybridized carbons (Fsp3) is 0.786. The normalized spacial score (nSPS) is 21.3. The second-order valence-corrected chi connectivity index (χ2v) is 5.36. The molecule has 0 unspecified atom stereocenters. The maximum atomic E-state index is 12.2. The van der Waals surface area contributed by atoms with Crippen LogP contribution in [-0.4, -0.2) is 37.0 Å². The molecule has 1 N–H and O–H groups in total. The maximum Gasteiger partial charge on any atom is 0.249 e. The molecule has 0 bridgehead atoms. The van der Waals surface area contributed by atoms with Crippen LogP contribution >= 0.6 is 0 Å². The van der Waals surface area contributed by atoms with Gasteiger partial charge in [0.15, 0.2) is 0 Å². The number of carbonyl (C=O) groups is 1. The highest BCUT2D eigenvalue weighted by Crippen LogP contribution is 2.23. The van der Waals surface area contributed by atoms with Gasteiger partial charge in [-0.05, 0) is 31.3 Å². The Labute approximate surface area is 104 Å². The van der Waals surface area contributed by atoms with Crippen LogP contribution in [-0.2, 0) is 4.79 Å². The van der Waals surface area contributed by atoms with Crippen LogP contribution in [0.5, 0.6) is 0 Å². The third kappa shape index (κ3) is 2.89. The number of nitrogens with one attached hydrogen (secondary N) is 1. The fourth-order valence-electron chi connectivity index (χ4n) is 2.74. The molecular weight excluding hydrogens is 212 g/mol. The molecule has 96 valence electrons. The van der Waals surface area contributed by atoms with Crippen LogP contribution < -0.4 is 5.32 Å². The monoisotopic (exact) mass is 236 g/mol. The molecule has 17 heavy (non-hydrogen) atoms. The van der Waals surface area contributed by atoms with E-state index in [4.69, 9.17) is 0 Å². The summed E-state index contributed by atoms with van der Waals surface area (Å²) in [6.45, 7) is 7.96. The minimum atomic E-state index is 0.274. The number of rotatable bonds is 3. The molecule has 0 saturated carbocycles. The van der Waals surface area contributed by atoms with E-state index in [2.05, 4.69) is 12.2 Å². The molecule has 0 atom stereocenters. The van der Waals surface area contributed by atoms with E-state index in [1.54, 1.807) is 0 Å². The van der Waals surface area contributed by atoms with Crippen molar-refractivity contribution < 1.29 is 4.79 Å². The average molecular weight is 236 g/mol. The van der Waals surface area contributed by atoms with Gasteiger partial charge in [-0.15, -0.1) is 0 Å². The van der Waals surface area contributed by atoms with Crippen molar-refractivity contribution >= 4 is 5.91 Å². The number of nitrogens with zero attached hydrogens (tertiary/aromatic N) is 1. The van der Waals surface area contributed by atoms with Crippen LogP contribution in [0.25, 0.3) is 0 Å². The lowest BCUT2D eigenvalue weighted by Crippen LogP contribution is -2.42. The van der Waals surface area contributed by atoms with Gasteiger partial charge in [-0.3, -0.25) is 4.79 Å². The van der Waals surface area contributed by atoms with Crippen molar-refractivity contribution in [3.8, 4) is 0 Å². The molecule has 2 saturated heterocycles. The molecule has 2 aliphatic rings. The molecule has 2 rings (SSSR count). The predicted molar refractivity (Wildman–Crippen MR) is 69.8 cm³/mol. The third-order valence-corrected chi connectivity index (χ3v) is 4.13. The van der Waals surface area contributed by atoms with E-state index >= 15 is 0 Å². The summed E-state index contributed by atoms with van der Waals surface area (Å²) < 4.78 is 0.